The van der Waals surface area contributed by atoms with Gasteiger partial charge in [0.15, 0.2) is 0 Å². The van der Waals surface area contributed by atoms with Crippen LogP contribution in [0.15, 0.2) is 12.1 Å². The molecule has 3 N–H and O–H groups in total. The first-order chi connectivity index (χ1) is 7.47. The van der Waals surface area contributed by atoms with Crippen LogP contribution >= 0.6 is 0 Å². The number of methoxy groups -OCH3 is 1. The van der Waals surface area contributed by atoms with Crippen molar-refractivity contribution in [1.29, 1.82) is 0 Å². The van der Waals surface area contributed by atoms with Crippen LogP contribution in [0.1, 0.15) is 16.7 Å². The Kier molecular flexibility index (Phi) is 3.90. The Morgan fingerprint density at radius 3 is 2.56 bits per heavy atom. The first kappa shape index (κ1) is 12.5. The smallest absolute Gasteiger partial charge is 0.320 e. The fourth-order valence-electron chi connectivity index (χ4n) is 1.62. The lowest BCUT2D eigenvalue weighted by Gasteiger charge is -2.14. The van der Waals surface area contributed by atoms with Crippen molar-refractivity contribution in [1.82, 2.24) is 0 Å². The van der Waals surface area contributed by atoms with Gasteiger partial charge in [-0.05, 0) is 43.0 Å². The summed E-state index contributed by atoms with van der Waals surface area (Å²) in [4.78, 5) is 10.7. The van der Waals surface area contributed by atoms with E-state index in [4.69, 9.17) is 15.6 Å². The molecule has 0 fully saturated rings. The van der Waals surface area contributed by atoms with Crippen molar-refractivity contribution in [2.24, 2.45) is 5.73 Å². The molecule has 0 spiro atoms. The quantitative estimate of drug-likeness (QED) is 0.806. The second-order valence-corrected chi connectivity index (χ2v) is 3.83. The van der Waals surface area contributed by atoms with E-state index in [0.29, 0.717) is 6.42 Å². The molecule has 1 atom stereocenters. The third-order valence-electron chi connectivity index (χ3n) is 2.83. The van der Waals surface area contributed by atoms with E-state index in [-0.39, 0.29) is 0 Å². The number of nitrogens with two attached hydrogens (primary N) is 1. The zero-order chi connectivity index (χ0) is 12.3. The highest BCUT2D eigenvalue weighted by molar-refractivity contribution is 5.73. The molecular formula is C12H17NO3. The predicted molar refractivity (Wildman–Crippen MR) is 61.8 cm³/mol. The molecule has 0 aliphatic rings. The van der Waals surface area contributed by atoms with Crippen LogP contribution in [0.25, 0.3) is 0 Å². The Hall–Kier alpha value is -1.55. The van der Waals surface area contributed by atoms with Crippen LogP contribution in [-0.4, -0.2) is 24.2 Å². The van der Waals surface area contributed by atoms with Crippen LogP contribution in [0.4, 0.5) is 0 Å². The minimum atomic E-state index is -0.979. The van der Waals surface area contributed by atoms with Crippen LogP contribution in [0.3, 0.4) is 0 Å². The number of carboxylic acids is 1. The number of rotatable bonds is 4. The maximum absolute atomic E-state index is 10.7. The van der Waals surface area contributed by atoms with Crippen molar-refractivity contribution in [2.75, 3.05) is 7.11 Å². The van der Waals surface area contributed by atoms with Crippen molar-refractivity contribution in [2.45, 2.75) is 26.3 Å². The van der Waals surface area contributed by atoms with Crippen molar-refractivity contribution in [3.8, 4) is 5.75 Å². The normalized spacial score (nSPS) is 12.2. The number of carboxylic acid groups (broad SMARTS) is 1. The summed E-state index contributed by atoms with van der Waals surface area (Å²) in [6.45, 7) is 3.89. The van der Waals surface area contributed by atoms with E-state index in [2.05, 4.69) is 0 Å². The molecule has 0 radical (unpaired) electrons. The number of hydrogen-bond donors (Lipinski definition) is 2. The number of ether oxygens (including phenoxy) is 1. The van der Waals surface area contributed by atoms with Gasteiger partial charge in [-0.15, -0.1) is 0 Å². The lowest BCUT2D eigenvalue weighted by atomic mass is 9.97. The van der Waals surface area contributed by atoms with Crippen LogP contribution < -0.4 is 10.5 Å². The van der Waals surface area contributed by atoms with E-state index < -0.39 is 12.0 Å². The lowest BCUT2D eigenvalue weighted by molar-refractivity contribution is -0.138. The van der Waals surface area contributed by atoms with Gasteiger partial charge in [0.05, 0.1) is 7.11 Å². The maximum atomic E-state index is 10.7. The molecular weight excluding hydrogens is 206 g/mol. The monoisotopic (exact) mass is 223 g/mol. The van der Waals surface area contributed by atoms with E-state index in [1.165, 1.54) is 0 Å². The molecule has 4 heteroatoms. The molecule has 88 valence electrons. The van der Waals surface area contributed by atoms with Crippen LogP contribution in [0.2, 0.25) is 0 Å². The van der Waals surface area contributed by atoms with E-state index in [1.54, 1.807) is 7.11 Å². The summed E-state index contributed by atoms with van der Waals surface area (Å²) in [5.74, 6) is -0.169. The largest absolute Gasteiger partial charge is 0.496 e. The highest BCUT2D eigenvalue weighted by Gasteiger charge is 2.15. The molecule has 1 aromatic carbocycles. The Labute approximate surface area is 95.0 Å². The molecule has 1 unspecified atom stereocenters. The topological polar surface area (TPSA) is 72.5 Å². The van der Waals surface area contributed by atoms with Crippen LogP contribution in [0, 0.1) is 13.8 Å². The molecule has 1 rings (SSSR count). The SMILES string of the molecule is COc1ccc(CC(N)C(=O)O)c(C)c1C. The average Bonchev–Trinajstić information content (AvgIpc) is 2.25. The minimum Gasteiger partial charge on any atom is -0.496 e. The van der Waals surface area contributed by atoms with Crippen LogP contribution in [-0.2, 0) is 11.2 Å². The van der Waals surface area contributed by atoms with Gasteiger partial charge in [-0.25, -0.2) is 0 Å². The number of carbonyl (C=O) groups is 1. The minimum absolute atomic E-state index is 0.339. The highest BCUT2D eigenvalue weighted by atomic mass is 16.5. The molecule has 0 saturated carbocycles. The van der Waals surface area contributed by atoms with E-state index in [1.807, 2.05) is 26.0 Å². The molecule has 0 saturated heterocycles. The van der Waals surface area contributed by atoms with Crippen molar-refractivity contribution >= 4 is 5.97 Å². The van der Waals surface area contributed by atoms with Gasteiger partial charge in [-0.1, -0.05) is 6.07 Å². The molecule has 0 heterocycles. The first-order valence-electron chi connectivity index (χ1n) is 5.08. The molecule has 4 nitrogen and oxygen atoms in total. The Morgan fingerprint density at radius 1 is 1.44 bits per heavy atom. The Balaban J connectivity index is 2.99. The van der Waals surface area contributed by atoms with Crippen molar-refractivity contribution in [3.63, 3.8) is 0 Å². The second kappa shape index (κ2) is 4.99. The maximum Gasteiger partial charge on any atom is 0.320 e. The van der Waals surface area contributed by atoms with Gasteiger partial charge in [0.2, 0.25) is 0 Å². The predicted octanol–water partition coefficient (Wildman–Crippen LogP) is 1.27. The third kappa shape index (κ3) is 2.52. The molecule has 0 aliphatic carbocycles. The Morgan fingerprint density at radius 2 is 2.06 bits per heavy atom. The summed E-state index contributed by atoms with van der Waals surface area (Å²) in [6, 6.07) is 2.85. The van der Waals surface area contributed by atoms with Gasteiger partial charge in [-0.2, -0.15) is 0 Å². The standard InChI is InChI=1S/C12H17NO3/c1-7-8(2)11(16-3)5-4-9(7)6-10(13)12(14)15/h4-5,10H,6,13H2,1-3H3,(H,14,15). The van der Waals surface area contributed by atoms with Crippen molar-refractivity contribution in [3.05, 3.63) is 28.8 Å². The molecule has 1 aromatic rings. The number of hydrogen-bond acceptors (Lipinski definition) is 3. The van der Waals surface area contributed by atoms with Gasteiger partial charge in [-0.3, -0.25) is 4.79 Å². The number of aliphatic carboxylic acids is 1. The molecule has 16 heavy (non-hydrogen) atoms. The average molecular weight is 223 g/mol. The van der Waals surface area contributed by atoms with Crippen molar-refractivity contribution < 1.29 is 14.6 Å². The van der Waals surface area contributed by atoms with Gasteiger partial charge in [0.1, 0.15) is 11.8 Å². The summed E-state index contributed by atoms with van der Waals surface area (Å²) in [7, 11) is 1.62. The van der Waals surface area contributed by atoms with Gasteiger partial charge >= 0.3 is 5.97 Å². The highest BCUT2D eigenvalue weighted by Crippen LogP contribution is 2.24. The molecule has 0 amide bonds. The van der Waals surface area contributed by atoms with E-state index >= 15 is 0 Å². The molecule has 0 aliphatic heterocycles. The number of benzene rings is 1. The summed E-state index contributed by atoms with van der Waals surface area (Å²) < 4.78 is 5.19. The fourth-order valence-corrected chi connectivity index (χ4v) is 1.62. The summed E-state index contributed by atoms with van der Waals surface area (Å²) >= 11 is 0. The van der Waals surface area contributed by atoms with E-state index in [9.17, 15) is 4.79 Å². The summed E-state index contributed by atoms with van der Waals surface area (Å²) in [5.41, 5.74) is 8.52. The van der Waals surface area contributed by atoms with Crippen LogP contribution in [0.5, 0.6) is 5.75 Å². The second-order valence-electron chi connectivity index (χ2n) is 3.83. The van der Waals surface area contributed by atoms with E-state index in [0.717, 1.165) is 22.4 Å². The zero-order valence-electron chi connectivity index (χ0n) is 9.78. The molecule has 0 aromatic heterocycles. The van der Waals surface area contributed by atoms with Gasteiger partial charge < -0.3 is 15.6 Å². The zero-order valence-corrected chi connectivity index (χ0v) is 9.78. The first-order valence-corrected chi connectivity index (χ1v) is 5.08. The summed E-state index contributed by atoms with van der Waals surface area (Å²) in [5, 5.41) is 8.75. The van der Waals surface area contributed by atoms with Gasteiger partial charge in [0, 0.05) is 0 Å². The third-order valence-corrected chi connectivity index (χ3v) is 2.83. The lowest BCUT2D eigenvalue weighted by Crippen LogP contribution is -2.32. The summed E-state index contributed by atoms with van der Waals surface area (Å²) in [6.07, 6.45) is 0.339. The molecule has 0 bridgehead atoms. The Bertz CT molecular complexity index is 401. The van der Waals surface area contributed by atoms with Gasteiger partial charge in [0.25, 0.3) is 0 Å². The fraction of sp³-hybridized carbons (Fsp3) is 0.417.